The number of hydrogen-bond acceptors (Lipinski definition) is 4. The molecule has 8 atom stereocenters. The lowest BCUT2D eigenvalue weighted by atomic mass is 9.39. The van der Waals surface area contributed by atoms with E-state index in [1.165, 1.54) is 0 Å². The number of ether oxygens (including phenoxy) is 1. The van der Waals surface area contributed by atoms with E-state index in [1.54, 1.807) is 7.05 Å². The first-order valence-corrected chi connectivity index (χ1v) is 12.0. The minimum absolute atomic E-state index is 0.244. The summed E-state index contributed by atoms with van der Waals surface area (Å²) in [7, 11) is 1.73. The summed E-state index contributed by atoms with van der Waals surface area (Å²) in [5, 5.41) is 30.8. The van der Waals surface area contributed by atoms with Gasteiger partial charge in [0.25, 0.3) is 0 Å². The van der Waals surface area contributed by atoms with Crippen LogP contribution in [0.2, 0.25) is 0 Å². The SMILES string of the molecule is C=CC1(C)C(Cl)CC2C(C)(C)c3cccc4c3C3(O)C(=N4)C(C)(C)C4OC4C1([N-]C)C23O. The summed E-state index contributed by atoms with van der Waals surface area (Å²) in [5.74, 6) is -0.371. The minimum Gasteiger partial charge on any atom is -0.654 e. The van der Waals surface area contributed by atoms with Crippen molar-refractivity contribution in [2.45, 2.75) is 80.8 Å². The van der Waals surface area contributed by atoms with Crippen LogP contribution in [0.3, 0.4) is 0 Å². The Morgan fingerprint density at radius 3 is 2.47 bits per heavy atom. The highest BCUT2D eigenvalue weighted by atomic mass is 35.5. The number of fused-ring (bicyclic) bond motifs is 2. The van der Waals surface area contributed by atoms with Crippen LogP contribution in [0.1, 0.15) is 52.2 Å². The number of epoxide rings is 1. The predicted molar refractivity (Wildman–Crippen MR) is 126 cm³/mol. The standard InChI is InChI=1S/C26H32ClN2O3/c1-8-23(6)16(27)12-15-21(2,3)13-10-9-11-14-17(13)24(30)20(29-14)22(4,5)18-19(32-18)25(23,28-7)26(15,24)31/h8-11,15-16,18-19,30-31H,1,12H2,2-7H3/q-1. The van der Waals surface area contributed by atoms with Gasteiger partial charge in [0, 0.05) is 22.3 Å². The number of benzene rings is 1. The quantitative estimate of drug-likeness (QED) is 0.395. The number of alkyl halides is 1. The van der Waals surface area contributed by atoms with Crippen LogP contribution in [-0.4, -0.2) is 51.7 Å². The van der Waals surface area contributed by atoms with Crippen LogP contribution in [0.25, 0.3) is 5.32 Å². The van der Waals surface area contributed by atoms with Gasteiger partial charge in [0.2, 0.25) is 0 Å². The summed E-state index contributed by atoms with van der Waals surface area (Å²) in [6.07, 6.45) is 1.70. The summed E-state index contributed by atoms with van der Waals surface area (Å²) in [6.45, 7) is 14.6. The summed E-state index contributed by atoms with van der Waals surface area (Å²) in [4.78, 5) is 5.01. The zero-order valence-electron chi connectivity index (χ0n) is 19.6. The molecule has 6 rings (SSSR count). The molecule has 8 unspecified atom stereocenters. The Hall–Kier alpha value is -1.24. The second kappa shape index (κ2) is 5.52. The maximum absolute atomic E-state index is 13.2. The number of likely N-dealkylation sites (N-methyl/N-ethyl adjacent to an activating group) is 1. The first-order valence-electron chi connectivity index (χ1n) is 11.5. The molecule has 1 aromatic rings. The molecule has 0 amide bonds. The maximum atomic E-state index is 13.2. The van der Waals surface area contributed by atoms with Crippen LogP contribution in [0.5, 0.6) is 0 Å². The zero-order valence-corrected chi connectivity index (χ0v) is 20.4. The van der Waals surface area contributed by atoms with E-state index >= 15 is 0 Å². The number of rotatable bonds is 2. The topological polar surface area (TPSA) is 79.5 Å². The molecule has 2 N–H and O–H groups in total. The summed E-state index contributed by atoms with van der Waals surface area (Å²) in [6, 6.07) is 6.00. The van der Waals surface area contributed by atoms with Crippen LogP contribution < -0.4 is 0 Å². The number of hydrogen-bond donors (Lipinski definition) is 2. The van der Waals surface area contributed by atoms with E-state index in [4.69, 9.17) is 26.6 Å². The second-order valence-corrected chi connectivity index (χ2v) is 12.3. The molecule has 1 saturated heterocycles. The van der Waals surface area contributed by atoms with Gasteiger partial charge in [-0.2, -0.15) is 7.05 Å². The normalized spacial score (nSPS) is 50.6. The molecule has 6 heteroatoms. The zero-order chi connectivity index (χ0) is 23.3. The Labute approximate surface area is 194 Å². The highest BCUT2D eigenvalue weighted by Gasteiger charge is 2.85. The molecule has 2 heterocycles. The molecule has 5 nitrogen and oxygen atoms in total. The average Bonchev–Trinajstić information content (AvgIpc) is 3.49. The number of aliphatic hydroxyl groups is 2. The van der Waals surface area contributed by atoms with Gasteiger partial charge in [-0.15, -0.1) is 18.2 Å². The third-order valence-electron chi connectivity index (χ3n) is 10.1. The van der Waals surface area contributed by atoms with Crippen LogP contribution in [0, 0.1) is 16.7 Å². The van der Waals surface area contributed by atoms with E-state index in [-0.39, 0.29) is 17.4 Å². The van der Waals surface area contributed by atoms with Crippen molar-refractivity contribution < 1.29 is 14.9 Å². The number of nitrogens with zero attached hydrogens (tertiary/aromatic N) is 2. The van der Waals surface area contributed by atoms with E-state index in [0.29, 0.717) is 12.1 Å². The highest BCUT2D eigenvalue weighted by molar-refractivity contribution is 6.21. The molecule has 2 saturated carbocycles. The number of halogens is 1. The monoisotopic (exact) mass is 455 g/mol. The van der Waals surface area contributed by atoms with Gasteiger partial charge in [-0.05, 0) is 28.9 Å². The van der Waals surface area contributed by atoms with Crippen molar-refractivity contribution in [2.75, 3.05) is 7.05 Å². The molecule has 172 valence electrons. The highest BCUT2D eigenvalue weighted by Crippen LogP contribution is 2.76. The van der Waals surface area contributed by atoms with E-state index in [1.807, 2.05) is 25.1 Å². The molecule has 1 aromatic carbocycles. The van der Waals surface area contributed by atoms with Gasteiger partial charge in [0.05, 0.1) is 29.2 Å². The third kappa shape index (κ3) is 1.71. The molecule has 3 aliphatic carbocycles. The van der Waals surface area contributed by atoms with Gasteiger partial charge in [0.1, 0.15) is 0 Å². The predicted octanol–water partition coefficient (Wildman–Crippen LogP) is 4.35. The molecular formula is C26H32ClN2O3-. The van der Waals surface area contributed by atoms with Crippen LogP contribution >= 0.6 is 11.6 Å². The smallest absolute Gasteiger partial charge is 0.158 e. The molecule has 2 aliphatic heterocycles. The van der Waals surface area contributed by atoms with Gasteiger partial charge in [0.15, 0.2) is 5.60 Å². The van der Waals surface area contributed by atoms with Crippen LogP contribution in [-0.2, 0) is 15.8 Å². The Kier molecular flexibility index (Phi) is 3.68. The number of aliphatic imine (C=N–C) groups is 1. The van der Waals surface area contributed by atoms with Crippen molar-refractivity contribution in [3.63, 3.8) is 0 Å². The molecule has 5 aliphatic rings. The Bertz CT molecular complexity index is 1110. The fraction of sp³-hybridized carbons (Fsp3) is 0.654. The van der Waals surface area contributed by atoms with Gasteiger partial charge in [-0.1, -0.05) is 58.4 Å². The minimum atomic E-state index is -1.69. The first kappa shape index (κ1) is 21.3. The summed E-state index contributed by atoms with van der Waals surface area (Å²) >= 11 is 7.17. The van der Waals surface area contributed by atoms with E-state index < -0.39 is 39.1 Å². The van der Waals surface area contributed by atoms with Gasteiger partial charge in [-0.3, -0.25) is 4.99 Å². The van der Waals surface area contributed by atoms with Crippen LogP contribution in [0.15, 0.2) is 35.8 Å². The fourth-order valence-corrected chi connectivity index (χ4v) is 8.81. The maximum Gasteiger partial charge on any atom is 0.158 e. The van der Waals surface area contributed by atoms with E-state index in [9.17, 15) is 10.2 Å². The van der Waals surface area contributed by atoms with Gasteiger partial charge >= 0.3 is 0 Å². The van der Waals surface area contributed by atoms with Crippen molar-refractivity contribution >= 4 is 23.0 Å². The molecule has 0 spiro atoms. The van der Waals surface area contributed by atoms with Crippen LogP contribution in [0.4, 0.5) is 5.69 Å². The van der Waals surface area contributed by atoms with E-state index in [2.05, 4.69) is 40.3 Å². The second-order valence-electron chi connectivity index (χ2n) is 11.8. The largest absolute Gasteiger partial charge is 0.654 e. The fourth-order valence-electron chi connectivity index (χ4n) is 8.38. The molecular weight excluding hydrogens is 424 g/mol. The van der Waals surface area contributed by atoms with Gasteiger partial charge < -0.3 is 20.3 Å². The van der Waals surface area contributed by atoms with Crippen molar-refractivity contribution in [3.05, 3.63) is 47.3 Å². The molecule has 0 bridgehead atoms. The summed E-state index contributed by atoms with van der Waals surface area (Å²) < 4.78 is 6.38. The molecule has 0 aromatic heterocycles. The average molecular weight is 456 g/mol. The Morgan fingerprint density at radius 1 is 1.16 bits per heavy atom. The van der Waals surface area contributed by atoms with Gasteiger partial charge in [-0.25, -0.2) is 0 Å². The third-order valence-corrected chi connectivity index (χ3v) is 10.7. The van der Waals surface area contributed by atoms with Crippen molar-refractivity contribution in [1.29, 1.82) is 0 Å². The molecule has 3 fully saturated rings. The van der Waals surface area contributed by atoms with Crippen molar-refractivity contribution in [2.24, 2.45) is 21.7 Å². The first-order chi connectivity index (χ1) is 14.8. The lowest BCUT2D eigenvalue weighted by Gasteiger charge is -2.76. The Morgan fingerprint density at radius 2 is 1.84 bits per heavy atom. The van der Waals surface area contributed by atoms with Crippen molar-refractivity contribution in [3.8, 4) is 0 Å². The Balaban J connectivity index is 1.84. The molecule has 32 heavy (non-hydrogen) atoms. The lowest BCUT2D eigenvalue weighted by molar-refractivity contribution is -0.245. The molecule has 0 radical (unpaired) electrons. The van der Waals surface area contributed by atoms with Crippen molar-refractivity contribution in [1.82, 2.24) is 0 Å². The lowest BCUT2D eigenvalue weighted by Crippen LogP contribution is -2.83. The summed E-state index contributed by atoms with van der Waals surface area (Å²) in [5.41, 5.74) is -3.40. The van der Waals surface area contributed by atoms with E-state index in [0.717, 1.165) is 16.8 Å².